The molecule has 0 saturated heterocycles. The number of amides is 1. The predicted octanol–water partition coefficient (Wildman–Crippen LogP) is 4.40. The maximum absolute atomic E-state index is 13.6. The Morgan fingerprint density at radius 1 is 1.15 bits per heavy atom. The largest absolute Gasteiger partial charge is 0.495 e. The number of fused-ring (bicyclic) bond motifs is 1. The van der Waals surface area contributed by atoms with Crippen LogP contribution < -0.4 is 15.6 Å². The van der Waals surface area contributed by atoms with E-state index in [2.05, 4.69) is 17.2 Å². The lowest BCUT2D eigenvalue weighted by molar-refractivity contribution is -0.118. The van der Waals surface area contributed by atoms with E-state index in [1.807, 2.05) is 42.5 Å². The van der Waals surface area contributed by atoms with Gasteiger partial charge in [-0.15, -0.1) is 0 Å². The quantitative estimate of drug-likeness (QED) is 0.219. The third kappa shape index (κ3) is 4.80. The summed E-state index contributed by atoms with van der Waals surface area (Å²) in [5.41, 5.74) is 3.09. The highest BCUT2D eigenvalue weighted by Crippen LogP contribution is 2.30. The van der Waals surface area contributed by atoms with Gasteiger partial charge in [-0.1, -0.05) is 67.6 Å². The number of ether oxygens (including phenoxy) is 1. The van der Waals surface area contributed by atoms with Crippen LogP contribution in [0.3, 0.4) is 0 Å². The Hall–Kier alpha value is -3.52. The summed E-state index contributed by atoms with van der Waals surface area (Å²) in [6, 6.07) is 17.1. The van der Waals surface area contributed by atoms with Gasteiger partial charge in [0.2, 0.25) is 5.91 Å². The van der Waals surface area contributed by atoms with E-state index in [0.717, 1.165) is 24.0 Å². The first kappa shape index (κ1) is 22.7. The zero-order valence-corrected chi connectivity index (χ0v) is 19.4. The number of para-hydroxylation sites is 2. The molecular weight excluding hydrogens is 436 g/mol. The van der Waals surface area contributed by atoms with Crippen LogP contribution in [-0.2, 0) is 4.79 Å². The van der Waals surface area contributed by atoms with Gasteiger partial charge in [0.1, 0.15) is 16.8 Å². The van der Waals surface area contributed by atoms with Gasteiger partial charge in [-0.2, -0.15) is 0 Å². The molecule has 8 heteroatoms. The zero-order chi connectivity index (χ0) is 23.2. The molecule has 2 aromatic carbocycles. The lowest BCUT2D eigenvalue weighted by atomic mass is 10.1. The van der Waals surface area contributed by atoms with Gasteiger partial charge in [-0.3, -0.25) is 9.59 Å². The second-order valence-electron chi connectivity index (χ2n) is 7.49. The summed E-state index contributed by atoms with van der Waals surface area (Å²) < 4.78 is 7.01. The Morgan fingerprint density at radius 3 is 2.67 bits per heavy atom. The molecule has 7 nitrogen and oxygen atoms in total. The number of aromatic nitrogens is 3. The molecule has 2 heterocycles. The Labute approximate surface area is 196 Å². The molecule has 0 aliphatic heterocycles. The molecule has 0 saturated carbocycles. The molecule has 0 bridgehead atoms. The lowest BCUT2D eigenvalue weighted by Gasteiger charge is -2.15. The summed E-state index contributed by atoms with van der Waals surface area (Å²) in [5.74, 6) is 0.610. The van der Waals surface area contributed by atoms with Crippen molar-refractivity contribution < 1.29 is 9.53 Å². The minimum atomic E-state index is -0.249. The van der Waals surface area contributed by atoms with Crippen LogP contribution in [0.4, 0.5) is 0 Å². The maximum atomic E-state index is 13.6. The topological polar surface area (TPSA) is 89.0 Å². The third-order valence-corrected chi connectivity index (χ3v) is 6.20. The number of nitrogens with zero attached hydrogens (tertiary/aromatic N) is 2. The number of carbonyl (C=O) groups excluding carboxylic acids is 1. The first-order chi connectivity index (χ1) is 16.1. The summed E-state index contributed by atoms with van der Waals surface area (Å²) >= 11 is 1.23. The Balaban J connectivity index is 1.82. The van der Waals surface area contributed by atoms with Crippen LogP contribution in [0.2, 0.25) is 0 Å². The normalized spacial score (nSPS) is 11.0. The molecule has 4 aromatic rings. The highest BCUT2D eigenvalue weighted by molar-refractivity contribution is 7.99. The molecule has 4 rings (SSSR count). The third-order valence-electron chi connectivity index (χ3n) is 5.26. The number of unbranched alkanes of at least 4 members (excludes halogenated alkanes) is 1. The monoisotopic (exact) mass is 462 g/mol. The Kier molecular flexibility index (Phi) is 7.14. The van der Waals surface area contributed by atoms with Gasteiger partial charge >= 0.3 is 0 Å². The number of methoxy groups -OCH3 is 1. The van der Waals surface area contributed by atoms with Crippen LogP contribution in [-0.4, -0.2) is 39.8 Å². The van der Waals surface area contributed by atoms with Gasteiger partial charge in [0, 0.05) is 18.3 Å². The fourth-order valence-electron chi connectivity index (χ4n) is 3.59. The highest BCUT2D eigenvalue weighted by atomic mass is 32.2. The first-order valence-electron chi connectivity index (χ1n) is 10.9. The van der Waals surface area contributed by atoms with Gasteiger partial charge in [0.05, 0.1) is 18.6 Å². The minimum absolute atomic E-state index is 0.0910. The summed E-state index contributed by atoms with van der Waals surface area (Å²) in [5, 5.41) is 3.34. The average molecular weight is 463 g/mol. The Morgan fingerprint density at radius 2 is 1.91 bits per heavy atom. The van der Waals surface area contributed by atoms with Gasteiger partial charge in [-0.25, -0.2) is 9.55 Å². The standard InChI is InChI=1S/C25H26N4O3S/c1-3-4-14-26-21(30)16-33-25-28-22-18(17-10-6-5-7-11-17)15-27-23(22)24(31)29(25)19-12-8-9-13-20(19)32-2/h5-13,15,27H,3-4,14,16H2,1-2H3,(H,26,30). The molecule has 33 heavy (non-hydrogen) atoms. The van der Waals surface area contributed by atoms with E-state index in [0.29, 0.717) is 34.2 Å². The first-order valence-corrected chi connectivity index (χ1v) is 11.8. The van der Waals surface area contributed by atoms with Gasteiger partial charge in [-0.05, 0) is 24.1 Å². The number of carbonyl (C=O) groups is 1. The molecule has 0 radical (unpaired) electrons. The van der Waals surface area contributed by atoms with E-state index in [4.69, 9.17) is 9.72 Å². The van der Waals surface area contributed by atoms with E-state index in [9.17, 15) is 9.59 Å². The summed E-state index contributed by atoms with van der Waals surface area (Å²) in [7, 11) is 1.56. The number of hydrogen-bond donors (Lipinski definition) is 2. The van der Waals surface area contributed by atoms with Gasteiger partial charge < -0.3 is 15.0 Å². The van der Waals surface area contributed by atoms with Gasteiger partial charge in [0.15, 0.2) is 5.16 Å². The number of thioether (sulfide) groups is 1. The number of aromatic amines is 1. The fourth-order valence-corrected chi connectivity index (χ4v) is 4.41. The zero-order valence-electron chi connectivity index (χ0n) is 18.6. The molecule has 0 spiro atoms. The second-order valence-corrected chi connectivity index (χ2v) is 8.43. The molecule has 0 aliphatic rings. The number of hydrogen-bond acceptors (Lipinski definition) is 5. The van der Waals surface area contributed by atoms with Crippen LogP contribution in [0.1, 0.15) is 19.8 Å². The Bertz CT molecular complexity index is 1310. The predicted molar refractivity (Wildman–Crippen MR) is 132 cm³/mol. The van der Waals surface area contributed by atoms with Crippen molar-refractivity contribution in [2.45, 2.75) is 24.9 Å². The molecule has 170 valence electrons. The average Bonchev–Trinajstić information content (AvgIpc) is 3.28. The molecule has 2 aromatic heterocycles. The SMILES string of the molecule is CCCCNC(=O)CSc1nc2c(-c3ccccc3)c[nH]c2c(=O)n1-c1ccccc1OC. The number of nitrogens with one attached hydrogen (secondary N) is 2. The van der Waals surface area contributed by atoms with Crippen molar-refractivity contribution in [2.24, 2.45) is 0 Å². The fraction of sp³-hybridized carbons (Fsp3) is 0.240. The number of rotatable bonds is 9. The molecule has 0 fully saturated rings. The maximum Gasteiger partial charge on any atom is 0.283 e. The van der Waals surface area contributed by atoms with E-state index >= 15 is 0 Å². The number of H-pyrrole nitrogens is 1. The van der Waals surface area contributed by atoms with Crippen LogP contribution >= 0.6 is 11.8 Å². The van der Waals surface area contributed by atoms with Crippen LogP contribution in [0.25, 0.3) is 27.8 Å². The minimum Gasteiger partial charge on any atom is -0.495 e. The van der Waals surface area contributed by atoms with Crippen molar-refractivity contribution >= 4 is 28.7 Å². The van der Waals surface area contributed by atoms with Crippen molar-refractivity contribution in [3.63, 3.8) is 0 Å². The molecule has 0 aliphatic carbocycles. The van der Waals surface area contributed by atoms with E-state index < -0.39 is 0 Å². The van der Waals surface area contributed by atoms with Crippen molar-refractivity contribution in [1.29, 1.82) is 0 Å². The molecule has 0 atom stereocenters. The summed E-state index contributed by atoms with van der Waals surface area (Å²) in [6.45, 7) is 2.71. The van der Waals surface area contributed by atoms with Crippen LogP contribution in [0.5, 0.6) is 5.75 Å². The lowest BCUT2D eigenvalue weighted by Crippen LogP contribution is -2.27. The summed E-state index contributed by atoms with van der Waals surface area (Å²) in [4.78, 5) is 34.0. The van der Waals surface area contributed by atoms with E-state index in [-0.39, 0.29) is 17.2 Å². The molecular formula is C25H26N4O3S. The summed E-state index contributed by atoms with van der Waals surface area (Å²) in [6.07, 6.45) is 3.73. The second kappa shape index (κ2) is 10.4. The van der Waals surface area contributed by atoms with Crippen molar-refractivity contribution in [1.82, 2.24) is 19.9 Å². The van der Waals surface area contributed by atoms with E-state index in [1.54, 1.807) is 25.4 Å². The highest BCUT2D eigenvalue weighted by Gasteiger charge is 2.20. The van der Waals surface area contributed by atoms with E-state index in [1.165, 1.54) is 16.3 Å². The van der Waals surface area contributed by atoms with Crippen LogP contribution in [0.15, 0.2) is 70.7 Å². The molecule has 2 N–H and O–H groups in total. The smallest absolute Gasteiger partial charge is 0.283 e. The van der Waals surface area contributed by atoms with Gasteiger partial charge in [0.25, 0.3) is 5.56 Å². The van der Waals surface area contributed by atoms with Crippen molar-refractivity contribution in [2.75, 3.05) is 19.4 Å². The molecule has 1 amide bonds. The van der Waals surface area contributed by atoms with Crippen LogP contribution in [0, 0.1) is 0 Å². The van der Waals surface area contributed by atoms with Crippen molar-refractivity contribution in [3.8, 4) is 22.6 Å². The van der Waals surface area contributed by atoms with Crippen molar-refractivity contribution in [3.05, 3.63) is 71.1 Å². The molecule has 0 unspecified atom stereocenters. The number of benzene rings is 2.